The van der Waals surface area contributed by atoms with Gasteiger partial charge in [-0.1, -0.05) is 66.7 Å². The highest BCUT2D eigenvalue weighted by Gasteiger charge is 2.18. The van der Waals surface area contributed by atoms with Crippen molar-refractivity contribution in [2.75, 3.05) is 5.32 Å². The van der Waals surface area contributed by atoms with Crippen LogP contribution in [-0.4, -0.2) is 14.9 Å². The molecule has 2 aromatic carbocycles. The lowest BCUT2D eigenvalue weighted by Gasteiger charge is -2.22. The van der Waals surface area contributed by atoms with E-state index in [1.54, 1.807) is 0 Å². The van der Waals surface area contributed by atoms with Crippen LogP contribution in [0.2, 0.25) is 0 Å². The Morgan fingerprint density at radius 2 is 1.60 bits per heavy atom. The first kappa shape index (κ1) is 19.8. The maximum absolute atomic E-state index is 6.13. The minimum absolute atomic E-state index is 0.105. The third-order valence-electron chi connectivity index (χ3n) is 4.60. The number of pyridine rings is 1. The summed E-state index contributed by atoms with van der Waals surface area (Å²) in [5, 5.41) is 3.60. The summed E-state index contributed by atoms with van der Waals surface area (Å²) in [7, 11) is 0. The smallest absolute Gasteiger partial charge is 0.181 e. The van der Waals surface area contributed by atoms with E-state index < -0.39 is 0 Å². The maximum atomic E-state index is 6.13. The number of hydrogen-bond donors (Lipinski definition) is 1. The number of aromatic nitrogens is 2. The molecule has 0 aliphatic heterocycles. The van der Waals surface area contributed by atoms with Gasteiger partial charge in [-0.05, 0) is 50.1 Å². The number of benzene rings is 2. The second kappa shape index (κ2) is 8.46. The molecule has 2 heterocycles. The van der Waals surface area contributed by atoms with E-state index in [1.165, 1.54) is 0 Å². The number of rotatable bonds is 6. The number of nitrogens with zero attached hydrogens (tertiary/aromatic N) is 2. The third kappa shape index (κ3) is 4.71. The van der Waals surface area contributed by atoms with E-state index in [-0.39, 0.29) is 5.54 Å². The van der Waals surface area contributed by atoms with Gasteiger partial charge >= 0.3 is 0 Å². The van der Waals surface area contributed by atoms with Crippen LogP contribution in [0.3, 0.4) is 0 Å². The first-order valence-corrected chi connectivity index (χ1v) is 10.2. The predicted octanol–water partition coefficient (Wildman–Crippen LogP) is 6.29. The van der Waals surface area contributed by atoms with Crippen molar-refractivity contribution in [3.05, 3.63) is 95.8 Å². The fraction of sp³-hybridized carbons (Fsp3) is 0.192. The number of fused-ring (bicyclic) bond motifs is 1. The SMILES string of the molecule is CC(C)(C)Nc1c(/C=C/c2ccccc2)nc2c(OCc3ccccc3)cccn12. The average molecular weight is 398 g/mol. The molecule has 4 rings (SSSR count). The minimum atomic E-state index is -0.105. The second-order valence-corrected chi connectivity index (χ2v) is 8.30. The lowest BCUT2D eigenvalue weighted by atomic mass is 10.1. The van der Waals surface area contributed by atoms with E-state index in [1.807, 2.05) is 54.7 Å². The van der Waals surface area contributed by atoms with Crippen molar-refractivity contribution >= 4 is 23.6 Å². The minimum Gasteiger partial charge on any atom is -0.485 e. The summed E-state index contributed by atoms with van der Waals surface area (Å²) in [6.45, 7) is 6.94. The van der Waals surface area contributed by atoms with Crippen LogP contribution in [0.15, 0.2) is 79.0 Å². The average Bonchev–Trinajstić information content (AvgIpc) is 3.09. The molecule has 4 heteroatoms. The van der Waals surface area contributed by atoms with Crippen LogP contribution in [0.5, 0.6) is 5.75 Å². The van der Waals surface area contributed by atoms with Gasteiger partial charge in [0.2, 0.25) is 0 Å². The summed E-state index contributed by atoms with van der Waals surface area (Å²) in [5.74, 6) is 1.72. The normalized spacial score (nSPS) is 11.8. The van der Waals surface area contributed by atoms with Crippen molar-refractivity contribution in [2.45, 2.75) is 32.9 Å². The van der Waals surface area contributed by atoms with Crippen molar-refractivity contribution in [1.82, 2.24) is 9.38 Å². The standard InChI is InChI=1S/C26H27N3O/c1-26(2,3)28-24-22(17-16-20-11-6-4-7-12-20)27-25-23(15-10-18-29(24)25)30-19-21-13-8-5-9-14-21/h4-18,28H,19H2,1-3H3/b17-16+. The maximum Gasteiger partial charge on any atom is 0.181 e. The van der Waals surface area contributed by atoms with Gasteiger partial charge in [-0.25, -0.2) is 4.98 Å². The molecule has 152 valence electrons. The van der Waals surface area contributed by atoms with Gasteiger partial charge < -0.3 is 10.1 Å². The first-order valence-electron chi connectivity index (χ1n) is 10.2. The van der Waals surface area contributed by atoms with Crippen LogP contribution in [0.4, 0.5) is 5.82 Å². The van der Waals surface area contributed by atoms with Crippen LogP contribution in [0.25, 0.3) is 17.8 Å². The number of nitrogens with one attached hydrogen (secondary N) is 1. The monoisotopic (exact) mass is 397 g/mol. The van der Waals surface area contributed by atoms with Crippen molar-refractivity contribution < 1.29 is 4.74 Å². The number of anilines is 1. The Bertz CT molecular complexity index is 1140. The molecule has 30 heavy (non-hydrogen) atoms. The zero-order valence-corrected chi connectivity index (χ0v) is 17.7. The molecule has 0 unspecified atom stereocenters. The highest BCUT2D eigenvalue weighted by molar-refractivity contribution is 5.77. The van der Waals surface area contributed by atoms with Crippen LogP contribution in [0, 0.1) is 0 Å². The molecule has 2 aromatic heterocycles. The Balaban J connectivity index is 1.72. The summed E-state index contributed by atoms with van der Waals surface area (Å²) in [5.41, 5.74) is 3.84. The van der Waals surface area contributed by atoms with Gasteiger partial charge in [-0.15, -0.1) is 0 Å². The highest BCUT2D eigenvalue weighted by atomic mass is 16.5. The van der Waals surface area contributed by atoms with Gasteiger partial charge in [0.05, 0.1) is 0 Å². The topological polar surface area (TPSA) is 38.6 Å². The molecule has 0 aliphatic rings. The summed E-state index contributed by atoms with van der Waals surface area (Å²) in [4.78, 5) is 4.91. The Hall–Kier alpha value is -3.53. The molecule has 0 saturated carbocycles. The Kier molecular flexibility index (Phi) is 5.57. The number of ether oxygens (including phenoxy) is 1. The molecule has 0 spiro atoms. The zero-order chi connectivity index (χ0) is 21.0. The molecule has 4 aromatic rings. The summed E-state index contributed by atoms with van der Waals surface area (Å²) in [6, 6.07) is 24.4. The summed E-state index contributed by atoms with van der Waals surface area (Å²) < 4.78 is 8.20. The van der Waals surface area contributed by atoms with Crippen LogP contribution < -0.4 is 10.1 Å². The van der Waals surface area contributed by atoms with Gasteiger partial charge in [-0.3, -0.25) is 4.40 Å². The van der Waals surface area contributed by atoms with E-state index >= 15 is 0 Å². The van der Waals surface area contributed by atoms with Crippen molar-refractivity contribution in [1.29, 1.82) is 0 Å². The number of hydrogen-bond acceptors (Lipinski definition) is 3. The zero-order valence-electron chi connectivity index (χ0n) is 17.7. The second-order valence-electron chi connectivity index (χ2n) is 8.30. The van der Waals surface area contributed by atoms with E-state index in [2.05, 4.69) is 66.9 Å². The van der Waals surface area contributed by atoms with Gasteiger partial charge in [0.25, 0.3) is 0 Å². The Morgan fingerprint density at radius 3 is 2.30 bits per heavy atom. The van der Waals surface area contributed by atoms with Crippen LogP contribution in [-0.2, 0) is 6.61 Å². The van der Waals surface area contributed by atoms with E-state index in [0.717, 1.165) is 34.0 Å². The Morgan fingerprint density at radius 1 is 0.900 bits per heavy atom. The lowest BCUT2D eigenvalue weighted by Crippen LogP contribution is -2.27. The first-order chi connectivity index (χ1) is 14.5. The third-order valence-corrected chi connectivity index (χ3v) is 4.60. The van der Waals surface area contributed by atoms with E-state index in [0.29, 0.717) is 6.61 Å². The molecular weight excluding hydrogens is 370 g/mol. The van der Waals surface area contributed by atoms with Crippen molar-refractivity contribution in [3.63, 3.8) is 0 Å². The Labute approximate surface area is 177 Å². The molecule has 0 amide bonds. The largest absolute Gasteiger partial charge is 0.485 e. The fourth-order valence-corrected chi connectivity index (χ4v) is 3.24. The number of imidazole rings is 1. The lowest BCUT2D eigenvalue weighted by molar-refractivity contribution is 0.308. The molecule has 0 radical (unpaired) electrons. The quantitative estimate of drug-likeness (QED) is 0.415. The highest BCUT2D eigenvalue weighted by Crippen LogP contribution is 2.29. The van der Waals surface area contributed by atoms with E-state index in [4.69, 9.17) is 9.72 Å². The molecule has 0 aliphatic carbocycles. The summed E-state index contributed by atoms with van der Waals surface area (Å²) in [6.07, 6.45) is 6.16. The molecular formula is C26H27N3O. The van der Waals surface area contributed by atoms with Crippen molar-refractivity contribution in [2.24, 2.45) is 0 Å². The van der Waals surface area contributed by atoms with Crippen molar-refractivity contribution in [3.8, 4) is 5.75 Å². The molecule has 0 saturated heterocycles. The van der Waals surface area contributed by atoms with Gasteiger partial charge in [0, 0.05) is 11.7 Å². The van der Waals surface area contributed by atoms with Gasteiger partial charge in [0.15, 0.2) is 11.4 Å². The van der Waals surface area contributed by atoms with Crippen LogP contribution in [0.1, 0.15) is 37.6 Å². The van der Waals surface area contributed by atoms with Gasteiger partial charge in [0.1, 0.15) is 18.1 Å². The van der Waals surface area contributed by atoms with Crippen LogP contribution >= 0.6 is 0 Å². The van der Waals surface area contributed by atoms with Gasteiger partial charge in [-0.2, -0.15) is 0 Å². The molecule has 1 N–H and O–H groups in total. The summed E-state index contributed by atoms with van der Waals surface area (Å²) >= 11 is 0. The fourth-order valence-electron chi connectivity index (χ4n) is 3.24. The molecule has 4 nitrogen and oxygen atoms in total. The van der Waals surface area contributed by atoms with E-state index in [9.17, 15) is 0 Å². The molecule has 0 fully saturated rings. The molecule has 0 atom stereocenters. The predicted molar refractivity (Wildman–Crippen MR) is 125 cm³/mol. The molecule has 0 bridgehead atoms.